The SMILES string of the molecule is CN1c2cc(C(=O)N3CCN(C4CCCCC4)CC3)ccc2C(=O)N2CCCC[C@H]21. The number of fused-ring (bicyclic) bond motifs is 2. The maximum absolute atomic E-state index is 13.2. The van der Waals surface area contributed by atoms with E-state index >= 15 is 0 Å². The molecule has 2 saturated heterocycles. The Morgan fingerprint density at radius 3 is 2.40 bits per heavy atom. The molecule has 0 unspecified atom stereocenters. The Morgan fingerprint density at radius 1 is 0.900 bits per heavy atom. The van der Waals surface area contributed by atoms with Crippen molar-refractivity contribution < 1.29 is 9.59 Å². The van der Waals surface area contributed by atoms with Crippen LogP contribution >= 0.6 is 0 Å². The van der Waals surface area contributed by atoms with Crippen molar-refractivity contribution in [3.05, 3.63) is 29.3 Å². The average Bonchev–Trinajstić information content (AvgIpc) is 2.82. The first kappa shape index (κ1) is 19.9. The van der Waals surface area contributed by atoms with E-state index < -0.39 is 0 Å². The smallest absolute Gasteiger partial charge is 0.257 e. The van der Waals surface area contributed by atoms with Gasteiger partial charge in [0.05, 0.1) is 11.3 Å². The highest BCUT2D eigenvalue weighted by atomic mass is 16.2. The van der Waals surface area contributed by atoms with Crippen LogP contribution in [-0.2, 0) is 0 Å². The summed E-state index contributed by atoms with van der Waals surface area (Å²) in [4.78, 5) is 35.0. The van der Waals surface area contributed by atoms with Crippen molar-refractivity contribution in [2.45, 2.75) is 63.6 Å². The summed E-state index contributed by atoms with van der Waals surface area (Å²) in [7, 11) is 2.06. The molecule has 0 aromatic heterocycles. The number of carbonyl (C=O) groups is 2. The second kappa shape index (κ2) is 8.22. The van der Waals surface area contributed by atoms with Crippen LogP contribution in [0, 0.1) is 0 Å². The van der Waals surface area contributed by atoms with Gasteiger partial charge in [0.1, 0.15) is 6.17 Å². The molecule has 0 spiro atoms. The van der Waals surface area contributed by atoms with Crippen LogP contribution in [0.4, 0.5) is 5.69 Å². The van der Waals surface area contributed by atoms with Crippen LogP contribution in [0.5, 0.6) is 0 Å². The van der Waals surface area contributed by atoms with E-state index in [1.165, 1.54) is 32.1 Å². The first-order chi connectivity index (χ1) is 14.6. The monoisotopic (exact) mass is 410 g/mol. The molecule has 2 amide bonds. The van der Waals surface area contributed by atoms with Gasteiger partial charge in [-0.2, -0.15) is 0 Å². The molecule has 0 radical (unpaired) electrons. The molecule has 3 fully saturated rings. The fraction of sp³-hybridized carbons (Fsp3) is 0.667. The molecule has 6 heteroatoms. The number of carbonyl (C=O) groups excluding carboxylic acids is 2. The van der Waals surface area contributed by atoms with Gasteiger partial charge in [-0.1, -0.05) is 19.3 Å². The summed E-state index contributed by atoms with van der Waals surface area (Å²) in [6, 6.07) is 6.39. The molecule has 162 valence electrons. The van der Waals surface area contributed by atoms with Crippen LogP contribution in [-0.4, -0.2) is 78.5 Å². The standard InChI is InChI=1S/C24H34N4O2/c1-25-21-17-18(10-11-20(21)24(30)28-12-6-5-9-22(25)28)23(29)27-15-13-26(14-16-27)19-7-3-2-4-8-19/h10-11,17,19,22H,2-9,12-16H2,1H3/t22-/m0/s1. The Balaban J connectivity index is 1.29. The number of amides is 2. The molecule has 1 aliphatic carbocycles. The molecule has 0 bridgehead atoms. The number of rotatable bonds is 2. The van der Waals surface area contributed by atoms with Crippen LogP contribution < -0.4 is 4.90 Å². The molecule has 6 nitrogen and oxygen atoms in total. The van der Waals surface area contributed by atoms with Gasteiger partial charge in [-0.15, -0.1) is 0 Å². The summed E-state index contributed by atoms with van der Waals surface area (Å²) in [6.07, 6.45) is 10.1. The van der Waals surface area contributed by atoms with E-state index in [1.807, 2.05) is 28.0 Å². The Kier molecular flexibility index (Phi) is 5.44. The largest absolute Gasteiger partial charge is 0.354 e. The van der Waals surface area contributed by atoms with Crippen molar-refractivity contribution in [1.29, 1.82) is 0 Å². The number of piperazine rings is 1. The van der Waals surface area contributed by atoms with Gasteiger partial charge in [-0.25, -0.2) is 0 Å². The summed E-state index contributed by atoms with van der Waals surface area (Å²) in [5, 5.41) is 0. The molecule has 1 aromatic rings. The molecule has 3 aliphatic heterocycles. The van der Waals surface area contributed by atoms with Crippen LogP contribution in [0.1, 0.15) is 72.1 Å². The zero-order valence-electron chi connectivity index (χ0n) is 18.2. The van der Waals surface area contributed by atoms with E-state index in [2.05, 4.69) is 16.8 Å². The third-order valence-corrected chi connectivity index (χ3v) is 7.73. The van der Waals surface area contributed by atoms with E-state index in [0.717, 1.165) is 69.3 Å². The van der Waals surface area contributed by atoms with Crippen molar-refractivity contribution in [1.82, 2.24) is 14.7 Å². The quantitative estimate of drug-likeness (QED) is 0.751. The summed E-state index contributed by atoms with van der Waals surface area (Å²) in [6.45, 7) is 4.40. The Labute approximate surface area is 179 Å². The minimum absolute atomic E-state index is 0.105. The van der Waals surface area contributed by atoms with Gasteiger partial charge in [0.2, 0.25) is 0 Å². The van der Waals surface area contributed by atoms with Gasteiger partial charge in [0.15, 0.2) is 0 Å². The van der Waals surface area contributed by atoms with Gasteiger partial charge in [-0.05, 0) is 50.3 Å². The first-order valence-electron chi connectivity index (χ1n) is 11.8. The highest BCUT2D eigenvalue weighted by Crippen LogP contribution is 2.35. The van der Waals surface area contributed by atoms with E-state index in [9.17, 15) is 9.59 Å². The van der Waals surface area contributed by atoms with Crippen molar-refractivity contribution in [2.24, 2.45) is 0 Å². The summed E-state index contributed by atoms with van der Waals surface area (Å²) in [5.41, 5.74) is 2.35. The van der Waals surface area contributed by atoms with Crippen LogP contribution in [0.2, 0.25) is 0 Å². The zero-order valence-corrected chi connectivity index (χ0v) is 18.2. The Morgan fingerprint density at radius 2 is 1.63 bits per heavy atom. The number of nitrogens with zero attached hydrogens (tertiary/aromatic N) is 4. The van der Waals surface area contributed by atoms with Crippen LogP contribution in [0.25, 0.3) is 0 Å². The molecule has 0 N–H and O–H groups in total. The third kappa shape index (κ3) is 3.49. The summed E-state index contributed by atoms with van der Waals surface area (Å²) >= 11 is 0. The normalized spacial score (nSPS) is 25.8. The molecular formula is C24H34N4O2. The number of anilines is 1. The number of hydrogen-bond donors (Lipinski definition) is 0. The van der Waals surface area contributed by atoms with E-state index in [4.69, 9.17) is 0 Å². The minimum Gasteiger partial charge on any atom is -0.354 e. The van der Waals surface area contributed by atoms with Gasteiger partial charge in [0.25, 0.3) is 11.8 Å². The van der Waals surface area contributed by atoms with E-state index in [1.54, 1.807) is 0 Å². The fourth-order valence-corrected chi connectivity index (χ4v) is 5.93. The Bertz CT molecular complexity index is 811. The molecule has 1 atom stereocenters. The topological polar surface area (TPSA) is 47.1 Å². The second-order valence-corrected chi connectivity index (χ2v) is 9.44. The predicted molar refractivity (Wildman–Crippen MR) is 118 cm³/mol. The maximum atomic E-state index is 13.2. The Hall–Kier alpha value is -2.08. The molecule has 1 aromatic carbocycles. The molecule has 3 heterocycles. The predicted octanol–water partition coefficient (Wildman–Crippen LogP) is 3.18. The lowest BCUT2D eigenvalue weighted by molar-refractivity contribution is 0.0521. The number of piperidine rings is 1. The number of hydrogen-bond acceptors (Lipinski definition) is 4. The average molecular weight is 411 g/mol. The molecule has 4 aliphatic rings. The van der Waals surface area contributed by atoms with E-state index in [-0.39, 0.29) is 18.0 Å². The fourth-order valence-electron chi connectivity index (χ4n) is 5.93. The van der Waals surface area contributed by atoms with E-state index in [0.29, 0.717) is 5.56 Å². The third-order valence-electron chi connectivity index (χ3n) is 7.73. The van der Waals surface area contributed by atoms with Gasteiger partial charge < -0.3 is 14.7 Å². The molecule has 5 rings (SSSR count). The lowest BCUT2D eigenvalue weighted by atomic mass is 9.93. The highest BCUT2D eigenvalue weighted by Gasteiger charge is 2.37. The minimum atomic E-state index is 0.105. The molecule has 1 saturated carbocycles. The summed E-state index contributed by atoms with van der Waals surface area (Å²) < 4.78 is 0. The second-order valence-electron chi connectivity index (χ2n) is 9.44. The van der Waals surface area contributed by atoms with Crippen molar-refractivity contribution in [3.63, 3.8) is 0 Å². The van der Waals surface area contributed by atoms with Crippen LogP contribution in [0.3, 0.4) is 0 Å². The van der Waals surface area contributed by atoms with Crippen molar-refractivity contribution in [2.75, 3.05) is 44.7 Å². The first-order valence-corrected chi connectivity index (χ1v) is 11.8. The number of benzene rings is 1. The zero-order chi connectivity index (χ0) is 20.7. The van der Waals surface area contributed by atoms with Crippen molar-refractivity contribution in [3.8, 4) is 0 Å². The van der Waals surface area contributed by atoms with Gasteiger partial charge in [-0.3, -0.25) is 14.5 Å². The van der Waals surface area contributed by atoms with Gasteiger partial charge in [0, 0.05) is 51.4 Å². The highest BCUT2D eigenvalue weighted by molar-refractivity contribution is 6.04. The van der Waals surface area contributed by atoms with Crippen LogP contribution in [0.15, 0.2) is 18.2 Å². The maximum Gasteiger partial charge on any atom is 0.257 e. The van der Waals surface area contributed by atoms with Crippen molar-refractivity contribution >= 4 is 17.5 Å². The molecular weight excluding hydrogens is 376 g/mol. The molecule has 30 heavy (non-hydrogen) atoms. The lowest BCUT2D eigenvalue weighted by Gasteiger charge is -2.46. The summed E-state index contributed by atoms with van der Waals surface area (Å²) in [5.74, 6) is 0.223. The van der Waals surface area contributed by atoms with Gasteiger partial charge >= 0.3 is 0 Å². The lowest BCUT2D eigenvalue weighted by Crippen LogP contribution is -2.56.